The minimum atomic E-state index is -0.644. The molecule has 0 atom stereocenters. The Balaban J connectivity index is 1.90. The first-order valence-corrected chi connectivity index (χ1v) is 7.33. The van der Waals surface area contributed by atoms with Gasteiger partial charge in [0.15, 0.2) is 12.4 Å². The van der Waals surface area contributed by atoms with Crippen molar-refractivity contribution in [2.24, 2.45) is 10.9 Å². The molecule has 0 bridgehead atoms. The van der Waals surface area contributed by atoms with E-state index in [1.54, 1.807) is 24.3 Å². The zero-order valence-corrected chi connectivity index (χ0v) is 13.6. The van der Waals surface area contributed by atoms with Crippen LogP contribution in [0.4, 0.5) is 0 Å². The van der Waals surface area contributed by atoms with E-state index in [0.29, 0.717) is 16.3 Å². The van der Waals surface area contributed by atoms with Gasteiger partial charge in [-0.25, -0.2) is 4.79 Å². The molecule has 5 nitrogen and oxygen atoms in total. The number of benzene rings is 2. The van der Waals surface area contributed by atoms with Gasteiger partial charge in [0.2, 0.25) is 0 Å². The summed E-state index contributed by atoms with van der Waals surface area (Å²) in [7, 11) is 0. The van der Waals surface area contributed by atoms with Gasteiger partial charge in [-0.3, -0.25) is 0 Å². The fourth-order valence-electron chi connectivity index (χ4n) is 1.89. The number of carbonyl (C=O) groups excluding carboxylic acids is 1. The van der Waals surface area contributed by atoms with E-state index in [2.05, 4.69) is 5.16 Å². The van der Waals surface area contributed by atoms with Crippen LogP contribution < -0.4 is 10.5 Å². The van der Waals surface area contributed by atoms with Crippen LogP contribution in [0.5, 0.6) is 5.75 Å². The van der Waals surface area contributed by atoms with Crippen LogP contribution in [-0.4, -0.2) is 18.4 Å². The van der Waals surface area contributed by atoms with Gasteiger partial charge in [-0.05, 0) is 43.7 Å². The van der Waals surface area contributed by atoms with E-state index in [4.69, 9.17) is 26.9 Å². The van der Waals surface area contributed by atoms with Gasteiger partial charge in [0.05, 0.1) is 0 Å². The fourth-order valence-corrected chi connectivity index (χ4v) is 2.12. The molecule has 0 unspecified atom stereocenters. The van der Waals surface area contributed by atoms with Crippen LogP contribution in [0.2, 0.25) is 5.02 Å². The van der Waals surface area contributed by atoms with Crippen LogP contribution in [0.1, 0.15) is 16.7 Å². The van der Waals surface area contributed by atoms with Crippen molar-refractivity contribution in [1.29, 1.82) is 0 Å². The van der Waals surface area contributed by atoms with E-state index in [-0.39, 0.29) is 12.4 Å². The molecule has 2 rings (SSSR count). The molecule has 0 fully saturated rings. The number of oxime groups is 1. The largest absolute Gasteiger partial charge is 0.482 e. The molecule has 0 aliphatic heterocycles. The number of hydrogen-bond acceptors (Lipinski definition) is 4. The van der Waals surface area contributed by atoms with E-state index in [1.165, 1.54) is 0 Å². The van der Waals surface area contributed by atoms with Gasteiger partial charge in [-0.15, -0.1) is 0 Å². The third-order valence-corrected chi connectivity index (χ3v) is 3.28. The van der Waals surface area contributed by atoms with Crippen LogP contribution in [0.15, 0.2) is 47.6 Å². The topological polar surface area (TPSA) is 73.9 Å². The predicted octanol–water partition coefficient (Wildman–Crippen LogP) is 3.20. The van der Waals surface area contributed by atoms with Crippen molar-refractivity contribution in [1.82, 2.24) is 0 Å². The quantitative estimate of drug-likeness (QED) is 0.395. The monoisotopic (exact) mass is 332 g/mol. The Kier molecular flexibility index (Phi) is 5.60. The summed E-state index contributed by atoms with van der Waals surface area (Å²) in [6.07, 6.45) is 0. The van der Waals surface area contributed by atoms with Crippen LogP contribution in [-0.2, 0) is 9.63 Å². The molecular formula is C17H17ClN2O3. The Hall–Kier alpha value is -2.53. The molecule has 0 aliphatic carbocycles. The minimum absolute atomic E-state index is 0.129. The number of nitrogens with zero attached hydrogens (tertiary/aromatic N) is 1. The van der Waals surface area contributed by atoms with Gasteiger partial charge >= 0.3 is 5.97 Å². The summed E-state index contributed by atoms with van der Waals surface area (Å²) in [5.41, 5.74) is 8.33. The summed E-state index contributed by atoms with van der Waals surface area (Å²) in [5, 5.41) is 4.23. The van der Waals surface area contributed by atoms with Crippen molar-refractivity contribution < 1.29 is 14.4 Å². The average Bonchev–Trinajstić information content (AvgIpc) is 2.51. The predicted molar refractivity (Wildman–Crippen MR) is 89.7 cm³/mol. The smallest absolute Gasteiger partial charge is 0.372 e. The second kappa shape index (κ2) is 7.65. The van der Waals surface area contributed by atoms with Gasteiger partial charge < -0.3 is 15.3 Å². The van der Waals surface area contributed by atoms with Crippen molar-refractivity contribution in [3.05, 3.63) is 64.2 Å². The van der Waals surface area contributed by atoms with E-state index in [9.17, 15) is 4.79 Å². The number of aryl methyl sites for hydroxylation is 2. The summed E-state index contributed by atoms with van der Waals surface area (Å²) in [4.78, 5) is 16.4. The molecule has 2 N–H and O–H groups in total. The molecular weight excluding hydrogens is 316 g/mol. The van der Waals surface area contributed by atoms with Crippen LogP contribution >= 0.6 is 11.6 Å². The molecule has 23 heavy (non-hydrogen) atoms. The Bertz CT molecular complexity index is 744. The number of halogens is 1. The molecule has 0 spiro atoms. The van der Waals surface area contributed by atoms with E-state index in [1.807, 2.05) is 32.0 Å². The van der Waals surface area contributed by atoms with Gasteiger partial charge in [0, 0.05) is 10.6 Å². The van der Waals surface area contributed by atoms with Gasteiger partial charge in [0.25, 0.3) is 0 Å². The molecule has 0 saturated carbocycles. The zero-order chi connectivity index (χ0) is 16.8. The lowest BCUT2D eigenvalue weighted by Crippen LogP contribution is -2.18. The molecule has 0 radical (unpaired) electrons. The molecule has 0 saturated heterocycles. The molecule has 0 aromatic heterocycles. The number of carbonyl (C=O) groups is 1. The maximum Gasteiger partial charge on any atom is 0.372 e. The Morgan fingerprint density at radius 2 is 2.00 bits per heavy atom. The standard InChI is InChI=1S/C17H17ClN2O3/c1-11-4-3-5-13(8-11)17(19)20-23-16(21)10-22-15-7-6-14(18)9-12(15)2/h3-9H,10H2,1-2H3,(H2,19,20). The van der Waals surface area contributed by atoms with Crippen molar-refractivity contribution in [3.8, 4) is 5.75 Å². The summed E-state index contributed by atoms with van der Waals surface area (Å²) in [6, 6.07) is 12.5. The highest BCUT2D eigenvalue weighted by molar-refractivity contribution is 6.30. The van der Waals surface area contributed by atoms with Gasteiger partial charge in [0.1, 0.15) is 5.75 Å². The van der Waals surface area contributed by atoms with E-state index < -0.39 is 5.97 Å². The lowest BCUT2D eigenvalue weighted by molar-refractivity contribution is -0.146. The highest BCUT2D eigenvalue weighted by atomic mass is 35.5. The van der Waals surface area contributed by atoms with Crippen molar-refractivity contribution >= 4 is 23.4 Å². The number of nitrogens with two attached hydrogens (primary N) is 1. The average molecular weight is 333 g/mol. The molecule has 0 heterocycles. The van der Waals surface area contributed by atoms with Crippen molar-refractivity contribution in [2.75, 3.05) is 6.61 Å². The van der Waals surface area contributed by atoms with E-state index >= 15 is 0 Å². The molecule has 6 heteroatoms. The molecule has 120 valence electrons. The zero-order valence-electron chi connectivity index (χ0n) is 12.9. The van der Waals surface area contributed by atoms with E-state index in [0.717, 1.165) is 11.1 Å². The Labute approximate surface area is 139 Å². The fraction of sp³-hybridized carbons (Fsp3) is 0.176. The van der Waals surface area contributed by atoms with Crippen LogP contribution in [0.3, 0.4) is 0 Å². The normalized spacial score (nSPS) is 11.2. The SMILES string of the molecule is Cc1cccc(/C(N)=N/OC(=O)COc2ccc(Cl)cc2C)c1. The maximum atomic E-state index is 11.7. The highest BCUT2D eigenvalue weighted by Gasteiger charge is 2.08. The van der Waals surface area contributed by atoms with Crippen LogP contribution in [0.25, 0.3) is 0 Å². The van der Waals surface area contributed by atoms with Crippen LogP contribution in [0, 0.1) is 13.8 Å². The summed E-state index contributed by atoms with van der Waals surface area (Å²) in [5.74, 6) is 0.0432. The second-order valence-corrected chi connectivity index (χ2v) is 5.44. The number of ether oxygens (including phenoxy) is 1. The Morgan fingerprint density at radius 3 is 2.70 bits per heavy atom. The molecule has 0 aliphatic rings. The molecule has 0 amide bonds. The van der Waals surface area contributed by atoms with Crippen molar-refractivity contribution in [2.45, 2.75) is 13.8 Å². The Morgan fingerprint density at radius 1 is 1.22 bits per heavy atom. The second-order valence-electron chi connectivity index (χ2n) is 5.01. The highest BCUT2D eigenvalue weighted by Crippen LogP contribution is 2.21. The van der Waals surface area contributed by atoms with Crippen molar-refractivity contribution in [3.63, 3.8) is 0 Å². The summed E-state index contributed by atoms with van der Waals surface area (Å²) in [6.45, 7) is 3.50. The third kappa shape index (κ3) is 5.00. The number of rotatable bonds is 5. The minimum Gasteiger partial charge on any atom is -0.482 e. The number of hydrogen-bond donors (Lipinski definition) is 1. The first kappa shape index (κ1) is 16.8. The van der Waals surface area contributed by atoms with Gasteiger partial charge in [-0.2, -0.15) is 0 Å². The molecule has 2 aromatic carbocycles. The third-order valence-electron chi connectivity index (χ3n) is 3.04. The first-order chi connectivity index (χ1) is 11.0. The van der Waals surface area contributed by atoms with Gasteiger partial charge in [-0.1, -0.05) is 40.5 Å². The lowest BCUT2D eigenvalue weighted by atomic mass is 10.1. The first-order valence-electron chi connectivity index (χ1n) is 6.95. The lowest BCUT2D eigenvalue weighted by Gasteiger charge is -2.07. The summed E-state index contributed by atoms with van der Waals surface area (Å²) < 4.78 is 5.37. The maximum absolute atomic E-state index is 11.7. The number of amidine groups is 1. The summed E-state index contributed by atoms with van der Waals surface area (Å²) >= 11 is 5.85. The molecule has 2 aromatic rings.